The lowest BCUT2D eigenvalue weighted by molar-refractivity contribution is 0.0913. The summed E-state index contributed by atoms with van der Waals surface area (Å²) in [6.07, 6.45) is 2.64. The molecule has 1 amide bonds. The summed E-state index contributed by atoms with van der Waals surface area (Å²) in [6, 6.07) is 1.32. The van der Waals surface area contributed by atoms with Crippen molar-refractivity contribution in [3.05, 3.63) is 24.0 Å². The summed E-state index contributed by atoms with van der Waals surface area (Å²) in [5.41, 5.74) is 0.276. The Morgan fingerprint density at radius 1 is 1.60 bits per heavy atom. The van der Waals surface area contributed by atoms with Gasteiger partial charge >= 0.3 is 0 Å². The minimum absolute atomic E-state index is 0.0568. The highest BCUT2D eigenvalue weighted by atomic mass is 16.3. The van der Waals surface area contributed by atoms with Crippen LogP contribution in [0, 0.1) is 0 Å². The SMILES string of the molecule is CCC(O)CNC(=O)c1cncc(O)c1. The predicted octanol–water partition coefficient (Wildman–Crippen LogP) is 0.288. The molecule has 0 aliphatic rings. The number of hydrogen-bond acceptors (Lipinski definition) is 4. The summed E-state index contributed by atoms with van der Waals surface area (Å²) in [5, 5.41) is 20.9. The third kappa shape index (κ3) is 3.55. The number of aliphatic hydroxyl groups excluding tert-OH is 1. The molecule has 1 aromatic heterocycles. The van der Waals surface area contributed by atoms with Crippen LogP contribution in [0.15, 0.2) is 18.5 Å². The molecule has 0 aliphatic heterocycles. The van der Waals surface area contributed by atoms with Gasteiger partial charge in [-0.15, -0.1) is 0 Å². The van der Waals surface area contributed by atoms with Gasteiger partial charge in [-0.3, -0.25) is 9.78 Å². The molecular formula is C10H14N2O3. The van der Waals surface area contributed by atoms with E-state index in [0.717, 1.165) is 0 Å². The van der Waals surface area contributed by atoms with Crippen LogP contribution < -0.4 is 5.32 Å². The van der Waals surface area contributed by atoms with Crippen molar-refractivity contribution >= 4 is 5.91 Å². The van der Waals surface area contributed by atoms with Crippen molar-refractivity contribution in [3.8, 4) is 5.75 Å². The van der Waals surface area contributed by atoms with Crippen molar-refractivity contribution in [2.75, 3.05) is 6.54 Å². The molecule has 1 aromatic rings. The van der Waals surface area contributed by atoms with Crippen molar-refractivity contribution in [1.29, 1.82) is 0 Å². The second-order valence-electron chi connectivity index (χ2n) is 3.20. The molecule has 5 heteroatoms. The fraction of sp³-hybridized carbons (Fsp3) is 0.400. The Kier molecular flexibility index (Phi) is 4.05. The highest BCUT2D eigenvalue weighted by molar-refractivity contribution is 5.94. The smallest absolute Gasteiger partial charge is 0.253 e. The molecule has 0 spiro atoms. The summed E-state index contributed by atoms with van der Waals surface area (Å²) in [4.78, 5) is 15.1. The fourth-order valence-electron chi connectivity index (χ4n) is 1.01. The molecule has 5 nitrogen and oxygen atoms in total. The lowest BCUT2D eigenvalue weighted by Gasteiger charge is -2.09. The molecule has 0 saturated carbocycles. The monoisotopic (exact) mass is 210 g/mol. The van der Waals surface area contributed by atoms with Gasteiger partial charge in [-0.25, -0.2) is 0 Å². The van der Waals surface area contributed by atoms with Crippen molar-refractivity contribution in [2.45, 2.75) is 19.4 Å². The standard InChI is InChI=1S/C10H14N2O3/c1-2-8(13)6-12-10(15)7-3-9(14)5-11-4-7/h3-5,8,13-14H,2,6H2,1H3,(H,12,15). The molecule has 82 valence electrons. The van der Waals surface area contributed by atoms with Gasteiger partial charge in [0.1, 0.15) is 5.75 Å². The Labute approximate surface area is 87.8 Å². The Hall–Kier alpha value is -1.62. The summed E-state index contributed by atoms with van der Waals surface area (Å²) in [6.45, 7) is 2.03. The molecule has 1 atom stereocenters. The molecule has 1 unspecified atom stereocenters. The minimum Gasteiger partial charge on any atom is -0.506 e. The number of pyridine rings is 1. The van der Waals surface area contributed by atoms with E-state index in [0.29, 0.717) is 6.42 Å². The Morgan fingerprint density at radius 3 is 2.93 bits per heavy atom. The van der Waals surface area contributed by atoms with Gasteiger partial charge in [-0.05, 0) is 12.5 Å². The molecule has 3 N–H and O–H groups in total. The Balaban J connectivity index is 2.54. The van der Waals surface area contributed by atoms with Crippen LogP contribution in [0.5, 0.6) is 5.75 Å². The van der Waals surface area contributed by atoms with Crippen LogP contribution in [0.1, 0.15) is 23.7 Å². The van der Waals surface area contributed by atoms with Gasteiger partial charge < -0.3 is 15.5 Å². The van der Waals surface area contributed by atoms with Gasteiger partial charge in [0.2, 0.25) is 0 Å². The van der Waals surface area contributed by atoms with E-state index in [9.17, 15) is 9.90 Å². The van der Waals surface area contributed by atoms with E-state index in [-0.39, 0.29) is 23.8 Å². The number of aromatic nitrogens is 1. The van der Waals surface area contributed by atoms with Crippen molar-refractivity contribution < 1.29 is 15.0 Å². The Morgan fingerprint density at radius 2 is 2.33 bits per heavy atom. The van der Waals surface area contributed by atoms with E-state index in [1.807, 2.05) is 6.92 Å². The number of hydrogen-bond donors (Lipinski definition) is 3. The van der Waals surface area contributed by atoms with Crippen LogP contribution >= 0.6 is 0 Å². The average molecular weight is 210 g/mol. The van der Waals surface area contributed by atoms with E-state index in [2.05, 4.69) is 10.3 Å². The molecule has 0 bridgehead atoms. The van der Waals surface area contributed by atoms with Crippen molar-refractivity contribution in [3.63, 3.8) is 0 Å². The van der Waals surface area contributed by atoms with Crippen LogP contribution in [-0.2, 0) is 0 Å². The largest absolute Gasteiger partial charge is 0.506 e. The van der Waals surface area contributed by atoms with Gasteiger partial charge in [0.25, 0.3) is 5.91 Å². The molecule has 0 aromatic carbocycles. The van der Waals surface area contributed by atoms with Crippen LogP contribution in [-0.4, -0.2) is 33.8 Å². The fourth-order valence-corrected chi connectivity index (χ4v) is 1.01. The van der Waals surface area contributed by atoms with Gasteiger partial charge in [-0.2, -0.15) is 0 Å². The number of rotatable bonds is 4. The van der Waals surface area contributed by atoms with Gasteiger partial charge in [0.15, 0.2) is 0 Å². The highest BCUT2D eigenvalue weighted by Crippen LogP contribution is 2.07. The maximum Gasteiger partial charge on any atom is 0.253 e. The number of nitrogens with zero attached hydrogens (tertiary/aromatic N) is 1. The van der Waals surface area contributed by atoms with Gasteiger partial charge in [0, 0.05) is 12.7 Å². The topological polar surface area (TPSA) is 82.5 Å². The summed E-state index contributed by atoms with van der Waals surface area (Å²) in [5.74, 6) is -0.412. The predicted molar refractivity (Wildman–Crippen MR) is 54.5 cm³/mol. The lowest BCUT2D eigenvalue weighted by Crippen LogP contribution is -2.31. The van der Waals surface area contributed by atoms with Gasteiger partial charge in [-0.1, -0.05) is 6.92 Å². The molecular weight excluding hydrogens is 196 g/mol. The van der Waals surface area contributed by atoms with Crippen molar-refractivity contribution in [1.82, 2.24) is 10.3 Å². The summed E-state index contributed by atoms with van der Waals surface area (Å²) in [7, 11) is 0. The van der Waals surface area contributed by atoms with E-state index < -0.39 is 6.10 Å². The minimum atomic E-state index is -0.542. The number of aliphatic hydroxyl groups is 1. The van der Waals surface area contributed by atoms with Crippen LogP contribution in [0.25, 0.3) is 0 Å². The van der Waals surface area contributed by atoms with E-state index in [1.54, 1.807) is 0 Å². The quantitative estimate of drug-likeness (QED) is 0.667. The van der Waals surface area contributed by atoms with Gasteiger partial charge in [0.05, 0.1) is 17.9 Å². The average Bonchev–Trinajstić information content (AvgIpc) is 2.25. The molecule has 1 heterocycles. The van der Waals surface area contributed by atoms with E-state index >= 15 is 0 Å². The second kappa shape index (κ2) is 5.31. The molecule has 0 saturated heterocycles. The first-order valence-corrected chi connectivity index (χ1v) is 4.73. The number of amides is 1. The molecule has 0 aliphatic carbocycles. The third-order valence-corrected chi connectivity index (χ3v) is 1.96. The number of carbonyl (C=O) groups excluding carboxylic acids is 1. The molecule has 0 fully saturated rings. The van der Waals surface area contributed by atoms with Crippen LogP contribution in [0.4, 0.5) is 0 Å². The van der Waals surface area contributed by atoms with Crippen LogP contribution in [0.2, 0.25) is 0 Å². The molecule has 15 heavy (non-hydrogen) atoms. The maximum atomic E-state index is 11.4. The normalized spacial score (nSPS) is 12.1. The summed E-state index contributed by atoms with van der Waals surface area (Å²) >= 11 is 0. The molecule has 0 radical (unpaired) electrons. The lowest BCUT2D eigenvalue weighted by atomic mass is 10.2. The third-order valence-electron chi connectivity index (χ3n) is 1.96. The van der Waals surface area contributed by atoms with E-state index in [4.69, 9.17) is 5.11 Å². The number of aromatic hydroxyl groups is 1. The zero-order valence-electron chi connectivity index (χ0n) is 8.47. The summed E-state index contributed by atoms with van der Waals surface area (Å²) < 4.78 is 0. The van der Waals surface area contributed by atoms with E-state index in [1.165, 1.54) is 18.5 Å². The number of carbonyl (C=O) groups is 1. The maximum absolute atomic E-state index is 11.4. The second-order valence-corrected chi connectivity index (χ2v) is 3.20. The Bertz CT molecular complexity index is 341. The zero-order valence-corrected chi connectivity index (χ0v) is 8.47. The first kappa shape index (κ1) is 11.5. The first-order valence-electron chi connectivity index (χ1n) is 4.73. The van der Waals surface area contributed by atoms with Crippen molar-refractivity contribution in [2.24, 2.45) is 0 Å². The molecule has 1 rings (SSSR count). The first-order chi connectivity index (χ1) is 7.13. The number of nitrogens with one attached hydrogen (secondary N) is 1. The van der Waals surface area contributed by atoms with Crippen LogP contribution in [0.3, 0.4) is 0 Å². The highest BCUT2D eigenvalue weighted by Gasteiger charge is 2.08. The zero-order chi connectivity index (χ0) is 11.3.